The number of hydrogen-bond acceptors (Lipinski definition) is 3. The lowest BCUT2D eigenvalue weighted by Gasteiger charge is -2.35. The molecule has 1 rings (SSSR count). The molecule has 0 spiro atoms. The first-order chi connectivity index (χ1) is 7.73. The normalized spacial score (nSPS) is 20.1. The van der Waals surface area contributed by atoms with Crippen LogP contribution in [-0.2, 0) is 9.59 Å². The number of hydrogen-bond donors (Lipinski definition) is 2. The van der Waals surface area contributed by atoms with Gasteiger partial charge in [0.2, 0.25) is 5.91 Å². The lowest BCUT2D eigenvalue weighted by Crippen LogP contribution is -2.49. The number of rotatable bonds is 2. The van der Waals surface area contributed by atoms with Gasteiger partial charge in [-0.1, -0.05) is 20.8 Å². The molecule has 1 amide bonds. The van der Waals surface area contributed by atoms with Crippen LogP contribution in [0.5, 0.6) is 0 Å². The van der Waals surface area contributed by atoms with Crippen LogP contribution in [0.15, 0.2) is 0 Å². The minimum atomic E-state index is -1.04. The van der Waals surface area contributed by atoms with Crippen molar-refractivity contribution in [3.8, 4) is 0 Å². The minimum absolute atomic E-state index is 0.136. The largest absolute Gasteiger partial charge is 0.481 e. The van der Waals surface area contributed by atoms with E-state index < -0.39 is 17.3 Å². The average Bonchev–Trinajstić information content (AvgIpc) is 2.15. The Morgan fingerprint density at radius 2 is 1.76 bits per heavy atom. The number of carbonyl (C=O) groups is 2. The van der Waals surface area contributed by atoms with Crippen molar-refractivity contribution in [2.75, 3.05) is 13.1 Å². The van der Waals surface area contributed by atoms with E-state index in [1.807, 2.05) is 0 Å². The summed E-state index contributed by atoms with van der Waals surface area (Å²) in [6.45, 7) is 6.47. The zero-order valence-electron chi connectivity index (χ0n) is 10.8. The van der Waals surface area contributed by atoms with Gasteiger partial charge in [0.1, 0.15) is 5.92 Å². The molecule has 3 N–H and O–H groups in total. The Kier molecular flexibility index (Phi) is 4.14. The monoisotopic (exact) mass is 242 g/mol. The Labute approximate surface area is 102 Å². The van der Waals surface area contributed by atoms with Gasteiger partial charge in [0.15, 0.2) is 0 Å². The predicted octanol–water partition coefficient (Wildman–Crippen LogP) is 0.683. The molecule has 1 unspecified atom stereocenters. The molecule has 1 fully saturated rings. The molecule has 0 saturated carbocycles. The van der Waals surface area contributed by atoms with Crippen LogP contribution in [0.4, 0.5) is 0 Å². The number of carbonyl (C=O) groups excluding carboxylic acids is 1. The lowest BCUT2D eigenvalue weighted by molar-refractivity contribution is -0.156. The first-order valence-corrected chi connectivity index (χ1v) is 6.00. The third-order valence-electron chi connectivity index (χ3n) is 3.21. The molecule has 0 radical (unpaired) electrons. The topological polar surface area (TPSA) is 83.6 Å². The standard InChI is InChI=1S/C12H22N2O3/c1-12(2,3)9(11(16)17)10(15)14-6-4-8(13)5-7-14/h8-9H,4-7,13H2,1-3H3,(H,16,17). The van der Waals surface area contributed by atoms with Crippen molar-refractivity contribution in [1.29, 1.82) is 0 Å². The number of nitrogens with zero attached hydrogens (tertiary/aromatic N) is 1. The van der Waals surface area contributed by atoms with Crippen LogP contribution in [0.3, 0.4) is 0 Å². The first-order valence-electron chi connectivity index (χ1n) is 6.00. The second kappa shape index (κ2) is 5.04. The summed E-state index contributed by atoms with van der Waals surface area (Å²) < 4.78 is 0. The maximum atomic E-state index is 12.2. The third-order valence-corrected chi connectivity index (χ3v) is 3.21. The van der Waals surface area contributed by atoms with Gasteiger partial charge in [-0.2, -0.15) is 0 Å². The van der Waals surface area contributed by atoms with Gasteiger partial charge in [-0.15, -0.1) is 0 Å². The summed E-state index contributed by atoms with van der Waals surface area (Å²) in [5.41, 5.74) is 5.20. The number of nitrogens with two attached hydrogens (primary N) is 1. The van der Waals surface area contributed by atoms with E-state index in [9.17, 15) is 14.7 Å². The highest BCUT2D eigenvalue weighted by Crippen LogP contribution is 2.28. The Hall–Kier alpha value is -1.10. The molecule has 5 heteroatoms. The van der Waals surface area contributed by atoms with E-state index in [2.05, 4.69) is 0 Å². The van der Waals surface area contributed by atoms with Gasteiger partial charge in [0, 0.05) is 19.1 Å². The fourth-order valence-electron chi connectivity index (χ4n) is 2.15. The van der Waals surface area contributed by atoms with Crippen LogP contribution >= 0.6 is 0 Å². The summed E-state index contributed by atoms with van der Waals surface area (Å²) in [5.74, 6) is -2.30. The minimum Gasteiger partial charge on any atom is -0.481 e. The summed E-state index contributed by atoms with van der Waals surface area (Å²) in [7, 11) is 0. The molecule has 0 bridgehead atoms. The number of amides is 1. The van der Waals surface area contributed by atoms with Crippen LogP contribution in [0, 0.1) is 11.3 Å². The predicted molar refractivity (Wildman–Crippen MR) is 64.4 cm³/mol. The maximum absolute atomic E-state index is 12.2. The molecular weight excluding hydrogens is 220 g/mol. The summed E-state index contributed by atoms with van der Waals surface area (Å²) in [6, 6.07) is 0.136. The Morgan fingerprint density at radius 1 is 1.29 bits per heavy atom. The van der Waals surface area contributed by atoms with Gasteiger partial charge >= 0.3 is 5.97 Å². The van der Waals surface area contributed by atoms with E-state index in [0.717, 1.165) is 12.8 Å². The highest BCUT2D eigenvalue weighted by atomic mass is 16.4. The fourth-order valence-corrected chi connectivity index (χ4v) is 2.15. The first kappa shape index (κ1) is 14.0. The average molecular weight is 242 g/mol. The van der Waals surface area contributed by atoms with Crippen molar-refractivity contribution < 1.29 is 14.7 Å². The third kappa shape index (κ3) is 3.43. The summed E-state index contributed by atoms with van der Waals surface area (Å²) in [4.78, 5) is 25.1. The van der Waals surface area contributed by atoms with Crippen LogP contribution < -0.4 is 5.73 Å². The molecule has 1 aliphatic rings. The van der Waals surface area contributed by atoms with Crippen molar-refractivity contribution in [2.24, 2.45) is 17.1 Å². The lowest BCUT2D eigenvalue weighted by atomic mass is 9.79. The van der Waals surface area contributed by atoms with E-state index in [-0.39, 0.29) is 11.9 Å². The van der Waals surface area contributed by atoms with Crippen LogP contribution in [0.2, 0.25) is 0 Å². The molecular formula is C12H22N2O3. The quantitative estimate of drug-likeness (QED) is 0.698. The molecule has 1 heterocycles. The maximum Gasteiger partial charge on any atom is 0.316 e. The van der Waals surface area contributed by atoms with Crippen LogP contribution in [0.25, 0.3) is 0 Å². The smallest absolute Gasteiger partial charge is 0.316 e. The van der Waals surface area contributed by atoms with E-state index in [0.29, 0.717) is 13.1 Å². The van der Waals surface area contributed by atoms with Crippen LogP contribution in [0.1, 0.15) is 33.6 Å². The molecule has 5 nitrogen and oxygen atoms in total. The zero-order valence-corrected chi connectivity index (χ0v) is 10.8. The van der Waals surface area contributed by atoms with Crippen molar-refractivity contribution in [3.63, 3.8) is 0 Å². The number of carboxylic acids is 1. The van der Waals surface area contributed by atoms with E-state index >= 15 is 0 Å². The van der Waals surface area contributed by atoms with Crippen LogP contribution in [-0.4, -0.2) is 41.0 Å². The van der Waals surface area contributed by atoms with E-state index in [1.165, 1.54) is 0 Å². The van der Waals surface area contributed by atoms with E-state index in [4.69, 9.17) is 5.73 Å². The highest BCUT2D eigenvalue weighted by Gasteiger charge is 2.40. The molecule has 1 aliphatic heterocycles. The zero-order chi connectivity index (χ0) is 13.2. The summed E-state index contributed by atoms with van der Waals surface area (Å²) in [6.07, 6.45) is 1.50. The van der Waals surface area contributed by atoms with Gasteiger partial charge in [0.05, 0.1) is 0 Å². The van der Waals surface area contributed by atoms with E-state index in [1.54, 1.807) is 25.7 Å². The number of piperidine rings is 1. The molecule has 0 aromatic carbocycles. The van der Waals surface area contributed by atoms with Crippen molar-refractivity contribution in [3.05, 3.63) is 0 Å². The molecule has 0 aromatic heterocycles. The highest BCUT2D eigenvalue weighted by molar-refractivity contribution is 5.97. The number of aliphatic carboxylic acids is 1. The molecule has 17 heavy (non-hydrogen) atoms. The number of carboxylic acid groups (broad SMARTS) is 1. The molecule has 1 atom stereocenters. The van der Waals surface area contributed by atoms with Gasteiger partial charge in [-0.25, -0.2) is 0 Å². The van der Waals surface area contributed by atoms with Crippen molar-refractivity contribution >= 4 is 11.9 Å². The van der Waals surface area contributed by atoms with Gasteiger partial charge in [-0.3, -0.25) is 9.59 Å². The van der Waals surface area contributed by atoms with Crippen molar-refractivity contribution in [2.45, 2.75) is 39.7 Å². The summed E-state index contributed by atoms with van der Waals surface area (Å²) >= 11 is 0. The Balaban J connectivity index is 2.76. The van der Waals surface area contributed by atoms with Gasteiger partial charge < -0.3 is 15.7 Å². The Bertz CT molecular complexity index is 301. The molecule has 0 aromatic rings. The second-order valence-corrected chi connectivity index (χ2v) is 5.80. The molecule has 0 aliphatic carbocycles. The SMILES string of the molecule is CC(C)(C)C(C(=O)O)C(=O)N1CCC(N)CC1. The molecule has 98 valence electrons. The summed E-state index contributed by atoms with van der Waals surface area (Å²) in [5, 5.41) is 9.19. The number of likely N-dealkylation sites (tertiary alicyclic amines) is 1. The fraction of sp³-hybridized carbons (Fsp3) is 0.833. The van der Waals surface area contributed by atoms with Gasteiger partial charge in [0.25, 0.3) is 0 Å². The molecule has 1 saturated heterocycles. The van der Waals surface area contributed by atoms with Gasteiger partial charge in [-0.05, 0) is 18.3 Å². The Morgan fingerprint density at radius 3 is 2.12 bits per heavy atom. The van der Waals surface area contributed by atoms with Crippen molar-refractivity contribution in [1.82, 2.24) is 4.90 Å². The second-order valence-electron chi connectivity index (χ2n) is 5.80.